The summed E-state index contributed by atoms with van der Waals surface area (Å²) in [4.78, 5) is 4.41. The molecular formula is C9H7BrNS. The fraction of sp³-hybridized carbons (Fsp3) is 0.111. The topological polar surface area (TPSA) is 12.9 Å². The van der Waals surface area contributed by atoms with E-state index >= 15 is 0 Å². The van der Waals surface area contributed by atoms with Crippen molar-refractivity contribution in [3.05, 3.63) is 34.6 Å². The Hall–Kier alpha value is -0.410. The van der Waals surface area contributed by atoms with Gasteiger partial charge in [-0.3, -0.25) is 0 Å². The second kappa shape index (κ2) is 3.15. The van der Waals surface area contributed by atoms with E-state index in [9.17, 15) is 0 Å². The highest BCUT2D eigenvalue weighted by atomic mass is 79.9. The predicted molar refractivity (Wildman–Crippen MR) is 56.4 cm³/mol. The minimum atomic E-state index is 0.775. The summed E-state index contributed by atoms with van der Waals surface area (Å²) in [5.41, 5.74) is 1.07. The van der Waals surface area contributed by atoms with Crippen LogP contribution in [0.5, 0.6) is 0 Å². The molecule has 0 amide bonds. The normalized spacial score (nSPS) is 10.8. The van der Waals surface area contributed by atoms with Crippen molar-refractivity contribution in [2.24, 2.45) is 0 Å². The lowest BCUT2D eigenvalue weighted by molar-refractivity contribution is 1.21. The van der Waals surface area contributed by atoms with Crippen molar-refractivity contribution < 1.29 is 0 Å². The molecule has 1 heterocycles. The van der Waals surface area contributed by atoms with Crippen molar-refractivity contribution >= 4 is 37.5 Å². The first kappa shape index (κ1) is 8.20. The van der Waals surface area contributed by atoms with Crippen LogP contribution in [0.15, 0.2) is 22.7 Å². The smallest absolute Gasteiger partial charge is 0.0938 e. The number of hydrogen-bond donors (Lipinski definition) is 0. The van der Waals surface area contributed by atoms with Crippen LogP contribution in [0.3, 0.4) is 0 Å². The second-order valence-electron chi connectivity index (χ2n) is 2.47. The Morgan fingerprint density at radius 1 is 1.50 bits per heavy atom. The van der Waals surface area contributed by atoms with Gasteiger partial charge in [-0.2, -0.15) is 0 Å². The first-order valence-corrected chi connectivity index (χ1v) is 5.25. The summed E-state index contributed by atoms with van der Waals surface area (Å²) >= 11 is 5.13. The summed E-state index contributed by atoms with van der Waals surface area (Å²) in [6.07, 6.45) is 0.775. The fourth-order valence-electron chi connectivity index (χ4n) is 1.05. The van der Waals surface area contributed by atoms with Gasteiger partial charge in [0.15, 0.2) is 0 Å². The van der Waals surface area contributed by atoms with Crippen LogP contribution >= 0.6 is 27.3 Å². The molecule has 0 aliphatic heterocycles. The Bertz CT molecular complexity index is 408. The van der Waals surface area contributed by atoms with Crippen molar-refractivity contribution in [2.75, 3.05) is 0 Å². The maximum atomic E-state index is 4.41. The summed E-state index contributed by atoms with van der Waals surface area (Å²) in [5.74, 6) is 0. The Morgan fingerprint density at radius 2 is 2.33 bits per heavy atom. The summed E-state index contributed by atoms with van der Waals surface area (Å²) < 4.78 is 2.33. The summed E-state index contributed by atoms with van der Waals surface area (Å²) in [7, 11) is 0. The molecule has 0 bridgehead atoms. The molecule has 0 atom stereocenters. The largest absolute Gasteiger partial charge is 0.241 e. The molecule has 0 fully saturated rings. The van der Waals surface area contributed by atoms with E-state index in [4.69, 9.17) is 0 Å². The molecule has 0 aliphatic rings. The summed E-state index contributed by atoms with van der Waals surface area (Å²) in [6, 6.07) is 6.12. The average Bonchev–Trinajstić information content (AvgIpc) is 2.46. The van der Waals surface area contributed by atoms with Gasteiger partial charge in [0.25, 0.3) is 0 Å². The molecule has 61 valence electrons. The van der Waals surface area contributed by atoms with Crippen molar-refractivity contribution in [1.82, 2.24) is 4.98 Å². The van der Waals surface area contributed by atoms with Gasteiger partial charge in [-0.15, -0.1) is 11.3 Å². The molecule has 1 aromatic heterocycles. The number of hydrogen-bond acceptors (Lipinski definition) is 2. The molecule has 2 aromatic rings. The highest BCUT2D eigenvalue weighted by Gasteiger charge is 2.01. The van der Waals surface area contributed by atoms with Crippen molar-refractivity contribution in [1.29, 1.82) is 0 Å². The van der Waals surface area contributed by atoms with Gasteiger partial charge < -0.3 is 0 Å². The van der Waals surface area contributed by atoms with Crippen LogP contribution in [-0.2, 0) is 6.42 Å². The summed E-state index contributed by atoms with van der Waals surface area (Å²) in [6.45, 7) is 3.81. The minimum Gasteiger partial charge on any atom is -0.241 e. The molecule has 12 heavy (non-hydrogen) atoms. The van der Waals surface area contributed by atoms with Crippen LogP contribution in [0.25, 0.3) is 10.2 Å². The van der Waals surface area contributed by atoms with Crippen LogP contribution in [-0.4, -0.2) is 4.98 Å². The first-order valence-electron chi connectivity index (χ1n) is 3.64. The molecule has 0 saturated carbocycles. The summed E-state index contributed by atoms with van der Waals surface area (Å²) in [5, 5.41) is 1.10. The molecule has 0 spiro atoms. The molecular weight excluding hydrogens is 234 g/mol. The number of thiazole rings is 1. The van der Waals surface area contributed by atoms with Gasteiger partial charge in [-0.25, -0.2) is 4.98 Å². The van der Waals surface area contributed by atoms with Gasteiger partial charge in [-0.1, -0.05) is 15.9 Å². The van der Waals surface area contributed by atoms with E-state index < -0.39 is 0 Å². The molecule has 0 aliphatic carbocycles. The van der Waals surface area contributed by atoms with Crippen molar-refractivity contribution in [3.63, 3.8) is 0 Å². The van der Waals surface area contributed by atoms with Gasteiger partial charge >= 0.3 is 0 Å². The van der Waals surface area contributed by atoms with E-state index in [2.05, 4.69) is 33.9 Å². The fourth-order valence-corrected chi connectivity index (χ4v) is 2.47. The monoisotopic (exact) mass is 240 g/mol. The predicted octanol–water partition coefficient (Wildman–Crippen LogP) is 3.44. The number of halogens is 1. The third-order valence-electron chi connectivity index (χ3n) is 1.61. The lowest BCUT2D eigenvalue weighted by Gasteiger charge is -1.86. The molecule has 0 N–H and O–H groups in total. The standard InChI is InChI=1S/C9H7BrNS/c1-2-9-11-7-4-3-6(10)5-8(7)12-9/h3-5H,1-2H2. The van der Waals surface area contributed by atoms with Gasteiger partial charge in [0.2, 0.25) is 0 Å². The third-order valence-corrected chi connectivity index (χ3v) is 3.18. The molecule has 1 nitrogen and oxygen atoms in total. The van der Waals surface area contributed by atoms with Gasteiger partial charge in [-0.05, 0) is 31.5 Å². The van der Waals surface area contributed by atoms with Crippen LogP contribution < -0.4 is 0 Å². The van der Waals surface area contributed by atoms with Gasteiger partial charge in [0.1, 0.15) is 0 Å². The van der Waals surface area contributed by atoms with Crippen LogP contribution in [0.4, 0.5) is 0 Å². The third kappa shape index (κ3) is 1.39. The number of fused-ring (bicyclic) bond motifs is 1. The van der Waals surface area contributed by atoms with E-state index in [1.54, 1.807) is 11.3 Å². The Balaban J connectivity index is 2.67. The Labute approximate surface area is 83.6 Å². The first-order chi connectivity index (χ1) is 5.79. The van der Waals surface area contributed by atoms with Gasteiger partial charge in [0, 0.05) is 4.47 Å². The average molecular weight is 241 g/mol. The van der Waals surface area contributed by atoms with E-state index in [1.807, 2.05) is 12.1 Å². The van der Waals surface area contributed by atoms with Crippen LogP contribution in [0, 0.1) is 6.92 Å². The lowest BCUT2D eigenvalue weighted by atomic mass is 10.3. The van der Waals surface area contributed by atoms with Crippen molar-refractivity contribution in [2.45, 2.75) is 6.42 Å². The molecule has 0 saturated heterocycles. The molecule has 1 radical (unpaired) electrons. The quantitative estimate of drug-likeness (QED) is 0.745. The number of benzene rings is 1. The second-order valence-corrected chi connectivity index (χ2v) is 4.50. The van der Waals surface area contributed by atoms with E-state index in [0.717, 1.165) is 21.4 Å². The van der Waals surface area contributed by atoms with Crippen LogP contribution in [0.2, 0.25) is 0 Å². The molecule has 1 aromatic carbocycles. The van der Waals surface area contributed by atoms with Crippen molar-refractivity contribution in [3.8, 4) is 0 Å². The van der Waals surface area contributed by atoms with E-state index in [1.165, 1.54) is 4.70 Å². The maximum Gasteiger partial charge on any atom is 0.0938 e. The highest BCUT2D eigenvalue weighted by molar-refractivity contribution is 9.10. The van der Waals surface area contributed by atoms with Crippen LogP contribution in [0.1, 0.15) is 5.01 Å². The zero-order valence-electron chi connectivity index (χ0n) is 6.38. The Kier molecular flexibility index (Phi) is 2.15. The van der Waals surface area contributed by atoms with E-state index in [-0.39, 0.29) is 0 Å². The molecule has 0 unspecified atom stereocenters. The number of rotatable bonds is 1. The Morgan fingerprint density at radius 3 is 3.08 bits per heavy atom. The van der Waals surface area contributed by atoms with E-state index in [0.29, 0.717) is 0 Å². The number of nitrogens with zero attached hydrogens (tertiary/aromatic N) is 1. The SMILES string of the molecule is [CH2]Cc1nc2ccc(Br)cc2s1. The lowest BCUT2D eigenvalue weighted by Crippen LogP contribution is -1.73. The zero-order valence-corrected chi connectivity index (χ0v) is 8.78. The molecule has 2 rings (SSSR count). The zero-order chi connectivity index (χ0) is 8.55. The highest BCUT2D eigenvalue weighted by Crippen LogP contribution is 2.25. The molecule has 3 heteroatoms. The number of aromatic nitrogens is 1. The van der Waals surface area contributed by atoms with Gasteiger partial charge in [0.05, 0.1) is 15.2 Å². The minimum absolute atomic E-state index is 0.775. The maximum absolute atomic E-state index is 4.41.